The van der Waals surface area contributed by atoms with Crippen molar-refractivity contribution in [3.05, 3.63) is 0 Å². The van der Waals surface area contributed by atoms with E-state index in [4.69, 9.17) is 4.74 Å². The summed E-state index contributed by atoms with van der Waals surface area (Å²) in [7, 11) is 0. The lowest BCUT2D eigenvalue weighted by Gasteiger charge is -2.13. The maximum Gasteiger partial charge on any atom is 0.0773 e. The van der Waals surface area contributed by atoms with Gasteiger partial charge in [-0.1, -0.05) is 51.9 Å². The van der Waals surface area contributed by atoms with Gasteiger partial charge in [-0.3, -0.25) is 0 Å². The molecule has 0 aliphatic heterocycles. The van der Waals surface area contributed by atoms with Crippen LogP contribution in [0, 0.1) is 0 Å². The highest BCUT2D eigenvalue weighted by molar-refractivity contribution is 4.55. The van der Waals surface area contributed by atoms with Crippen molar-refractivity contribution in [3.8, 4) is 0 Å². The second-order valence-electron chi connectivity index (χ2n) is 4.95. The molecule has 2 heteroatoms. The van der Waals surface area contributed by atoms with Crippen LogP contribution in [0.15, 0.2) is 0 Å². The molecule has 0 heterocycles. The van der Waals surface area contributed by atoms with Crippen molar-refractivity contribution in [2.24, 2.45) is 0 Å². The molecule has 0 aliphatic rings. The largest absolute Gasteiger partial charge is 0.391 e. The van der Waals surface area contributed by atoms with Crippen molar-refractivity contribution in [1.82, 2.24) is 0 Å². The fourth-order valence-electron chi connectivity index (χ4n) is 1.72. The lowest BCUT2D eigenvalue weighted by Crippen LogP contribution is -2.18. The van der Waals surface area contributed by atoms with Gasteiger partial charge in [0.25, 0.3) is 0 Å². The van der Waals surface area contributed by atoms with Gasteiger partial charge in [0.1, 0.15) is 0 Å². The molecule has 0 fully saturated rings. The zero-order valence-electron chi connectivity index (χ0n) is 11.4. The van der Waals surface area contributed by atoms with Crippen LogP contribution in [0.1, 0.15) is 72.1 Å². The maximum atomic E-state index is 9.61. The molecule has 98 valence electrons. The zero-order chi connectivity index (χ0) is 12.2. The van der Waals surface area contributed by atoms with Crippen LogP contribution in [0.3, 0.4) is 0 Å². The summed E-state index contributed by atoms with van der Waals surface area (Å²) < 4.78 is 5.36. The van der Waals surface area contributed by atoms with E-state index in [2.05, 4.69) is 6.92 Å². The number of aliphatic hydroxyl groups is 1. The van der Waals surface area contributed by atoms with Gasteiger partial charge in [-0.05, 0) is 20.3 Å². The number of unbranched alkanes of at least 4 members (excludes halogenated alkanes) is 6. The summed E-state index contributed by atoms with van der Waals surface area (Å²) in [5.74, 6) is 0. The average Bonchev–Trinajstić information content (AvgIpc) is 2.25. The third kappa shape index (κ3) is 12.0. The summed E-state index contributed by atoms with van der Waals surface area (Å²) >= 11 is 0. The number of aliphatic hydroxyl groups excluding tert-OH is 1. The van der Waals surface area contributed by atoms with Crippen LogP contribution in [0.5, 0.6) is 0 Å². The van der Waals surface area contributed by atoms with Crippen LogP contribution < -0.4 is 0 Å². The van der Waals surface area contributed by atoms with Crippen LogP contribution in [-0.4, -0.2) is 23.9 Å². The Labute approximate surface area is 101 Å². The summed E-state index contributed by atoms with van der Waals surface area (Å²) in [4.78, 5) is 0. The second kappa shape index (κ2) is 11.4. The normalized spacial score (nSPS) is 13.3. The van der Waals surface area contributed by atoms with E-state index in [0.717, 1.165) is 12.8 Å². The van der Waals surface area contributed by atoms with E-state index >= 15 is 0 Å². The van der Waals surface area contributed by atoms with Gasteiger partial charge >= 0.3 is 0 Å². The Balaban J connectivity index is 3.12. The van der Waals surface area contributed by atoms with Crippen LogP contribution in [0.25, 0.3) is 0 Å². The van der Waals surface area contributed by atoms with Gasteiger partial charge in [-0.25, -0.2) is 0 Å². The summed E-state index contributed by atoms with van der Waals surface area (Å²) in [5.41, 5.74) is 0. The molecule has 0 aliphatic carbocycles. The van der Waals surface area contributed by atoms with Crippen molar-refractivity contribution < 1.29 is 9.84 Å². The van der Waals surface area contributed by atoms with Crippen molar-refractivity contribution >= 4 is 0 Å². The average molecular weight is 230 g/mol. The molecule has 0 aromatic rings. The van der Waals surface area contributed by atoms with Crippen LogP contribution in [0.4, 0.5) is 0 Å². The smallest absolute Gasteiger partial charge is 0.0773 e. The number of hydrogen-bond acceptors (Lipinski definition) is 2. The first-order chi connectivity index (χ1) is 7.66. The van der Waals surface area contributed by atoms with Crippen LogP contribution in [0.2, 0.25) is 0 Å². The second-order valence-corrected chi connectivity index (χ2v) is 4.95. The Kier molecular flexibility index (Phi) is 11.3. The molecule has 0 aromatic carbocycles. The molecule has 0 bridgehead atoms. The number of ether oxygens (including phenoxy) is 1. The quantitative estimate of drug-likeness (QED) is 0.545. The monoisotopic (exact) mass is 230 g/mol. The molecule has 1 atom stereocenters. The Bertz CT molecular complexity index is 135. The molecule has 0 saturated heterocycles. The highest BCUT2D eigenvalue weighted by Crippen LogP contribution is 2.10. The zero-order valence-corrected chi connectivity index (χ0v) is 11.4. The first kappa shape index (κ1) is 15.9. The minimum atomic E-state index is -0.266. The third-order valence-electron chi connectivity index (χ3n) is 2.76. The molecular weight excluding hydrogens is 200 g/mol. The van der Waals surface area contributed by atoms with Gasteiger partial charge in [0.15, 0.2) is 0 Å². The predicted octanol–water partition coefficient (Wildman–Crippen LogP) is 3.91. The Morgan fingerprint density at radius 3 is 2.06 bits per heavy atom. The molecular formula is C14H30O2. The van der Waals surface area contributed by atoms with Crippen molar-refractivity contribution in [3.63, 3.8) is 0 Å². The molecule has 0 radical (unpaired) electrons. The predicted molar refractivity (Wildman–Crippen MR) is 69.7 cm³/mol. The molecule has 0 spiro atoms. The minimum absolute atomic E-state index is 0.226. The molecule has 0 rings (SSSR count). The SMILES string of the molecule is CCCCCCCCCC(O)COC(C)C. The fraction of sp³-hybridized carbons (Fsp3) is 1.00. The summed E-state index contributed by atoms with van der Waals surface area (Å²) in [5, 5.41) is 9.61. The summed E-state index contributed by atoms with van der Waals surface area (Å²) in [6.45, 7) is 6.74. The number of rotatable bonds is 11. The maximum absolute atomic E-state index is 9.61. The van der Waals surface area contributed by atoms with E-state index in [1.165, 1.54) is 38.5 Å². The van der Waals surface area contributed by atoms with E-state index in [9.17, 15) is 5.11 Å². The summed E-state index contributed by atoms with van der Waals surface area (Å²) in [6.07, 6.45) is 9.95. The van der Waals surface area contributed by atoms with Gasteiger partial charge in [0.05, 0.1) is 18.8 Å². The molecule has 0 aromatic heterocycles. The van der Waals surface area contributed by atoms with Crippen molar-refractivity contribution in [1.29, 1.82) is 0 Å². The lowest BCUT2D eigenvalue weighted by molar-refractivity contribution is 0.00178. The number of hydrogen-bond donors (Lipinski definition) is 1. The molecule has 2 nitrogen and oxygen atoms in total. The Hall–Kier alpha value is -0.0800. The van der Waals surface area contributed by atoms with Gasteiger partial charge in [-0.15, -0.1) is 0 Å². The molecule has 1 N–H and O–H groups in total. The van der Waals surface area contributed by atoms with E-state index in [-0.39, 0.29) is 12.2 Å². The Morgan fingerprint density at radius 2 is 1.50 bits per heavy atom. The fourth-order valence-corrected chi connectivity index (χ4v) is 1.72. The molecule has 0 amide bonds. The van der Waals surface area contributed by atoms with Crippen LogP contribution in [-0.2, 0) is 4.74 Å². The van der Waals surface area contributed by atoms with Gasteiger partial charge in [0, 0.05) is 0 Å². The standard InChI is InChI=1S/C14H30O2/c1-4-5-6-7-8-9-10-11-14(15)12-16-13(2)3/h13-15H,4-12H2,1-3H3. The molecule has 1 unspecified atom stereocenters. The minimum Gasteiger partial charge on any atom is -0.391 e. The van der Waals surface area contributed by atoms with Gasteiger partial charge in [0.2, 0.25) is 0 Å². The highest BCUT2D eigenvalue weighted by Gasteiger charge is 2.04. The summed E-state index contributed by atoms with van der Waals surface area (Å²) in [6, 6.07) is 0. The highest BCUT2D eigenvalue weighted by atomic mass is 16.5. The van der Waals surface area contributed by atoms with E-state index in [1.54, 1.807) is 0 Å². The van der Waals surface area contributed by atoms with E-state index in [1.807, 2.05) is 13.8 Å². The third-order valence-corrected chi connectivity index (χ3v) is 2.76. The Morgan fingerprint density at radius 1 is 0.938 bits per heavy atom. The topological polar surface area (TPSA) is 29.5 Å². The van der Waals surface area contributed by atoms with Crippen LogP contribution >= 0.6 is 0 Å². The van der Waals surface area contributed by atoms with E-state index < -0.39 is 0 Å². The molecule has 16 heavy (non-hydrogen) atoms. The first-order valence-electron chi connectivity index (χ1n) is 6.96. The molecule has 0 saturated carbocycles. The van der Waals surface area contributed by atoms with Gasteiger partial charge < -0.3 is 9.84 Å². The van der Waals surface area contributed by atoms with E-state index in [0.29, 0.717) is 6.61 Å². The lowest BCUT2D eigenvalue weighted by atomic mass is 10.1. The van der Waals surface area contributed by atoms with Crippen molar-refractivity contribution in [2.75, 3.05) is 6.61 Å². The first-order valence-corrected chi connectivity index (χ1v) is 6.96. The van der Waals surface area contributed by atoms with Gasteiger partial charge in [-0.2, -0.15) is 0 Å². The van der Waals surface area contributed by atoms with Crippen molar-refractivity contribution in [2.45, 2.75) is 84.3 Å².